The molecule has 3 aromatic carbocycles. The molecule has 8 nitrogen and oxygen atoms in total. The molecule has 1 aromatic heterocycles. The second-order valence-electron chi connectivity index (χ2n) is 7.63. The molecule has 34 heavy (non-hydrogen) atoms. The Labute approximate surface area is 196 Å². The van der Waals surface area contributed by atoms with E-state index in [2.05, 4.69) is 16.0 Å². The number of nitro groups is 1. The van der Waals surface area contributed by atoms with E-state index in [1.165, 1.54) is 12.1 Å². The van der Waals surface area contributed by atoms with Crippen LogP contribution in [0.25, 0.3) is 22.7 Å². The van der Waals surface area contributed by atoms with E-state index in [1.54, 1.807) is 30.3 Å². The van der Waals surface area contributed by atoms with Crippen molar-refractivity contribution in [3.05, 3.63) is 93.3 Å². The van der Waals surface area contributed by atoms with Crippen LogP contribution in [0.4, 0.5) is 5.69 Å². The zero-order chi connectivity index (χ0) is 24.1. The number of nitriles is 1. The lowest BCUT2D eigenvalue weighted by Crippen LogP contribution is -2.00. The fourth-order valence-corrected chi connectivity index (χ4v) is 3.45. The predicted octanol–water partition coefficient (Wildman–Crippen LogP) is 5.82. The summed E-state index contributed by atoms with van der Waals surface area (Å²) < 4.78 is 11.6. The fraction of sp³-hybridized carbons (Fsp3) is 0.154. The van der Waals surface area contributed by atoms with E-state index < -0.39 is 4.92 Å². The minimum Gasteiger partial charge on any atom is -0.490 e. The van der Waals surface area contributed by atoms with Crippen LogP contribution < -0.4 is 9.47 Å². The molecular weight excluding hydrogens is 432 g/mol. The van der Waals surface area contributed by atoms with Gasteiger partial charge in [-0.1, -0.05) is 12.1 Å². The van der Waals surface area contributed by atoms with Crippen molar-refractivity contribution in [1.82, 2.24) is 9.97 Å². The average Bonchev–Trinajstić information content (AvgIpc) is 3.25. The number of nitrogens with one attached hydrogen (secondary N) is 1. The number of nitrogens with zero attached hydrogens (tertiary/aromatic N) is 3. The quantitative estimate of drug-likeness (QED) is 0.204. The molecule has 0 saturated heterocycles. The number of fused-ring (bicyclic) bond motifs is 1. The van der Waals surface area contributed by atoms with E-state index in [0.29, 0.717) is 29.5 Å². The third kappa shape index (κ3) is 5.05. The Morgan fingerprint density at radius 3 is 2.62 bits per heavy atom. The molecule has 0 fully saturated rings. The molecule has 8 heteroatoms. The van der Waals surface area contributed by atoms with E-state index in [0.717, 1.165) is 27.7 Å². The van der Waals surface area contributed by atoms with Gasteiger partial charge in [0, 0.05) is 12.1 Å². The number of hydrogen-bond donors (Lipinski definition) is 1. The van der Waals surface area contributed by atoms with Gasteiger partial charge in [-0.15, -0.1) is 0 Å². The standard InChI is InChI=1S/C26H22N4O4/c1-3-33-25-14-19(7-11-24(25)34-16-18-5-8-21(9-6-18)30(31)32)13-20(15-27)26-28-22-10-4-17(2)12-23(22)29-26/h4-14H,3,16H2,1-2H3,(H,28,29)/b20-13-. The number of allylic oxidation sites excluding steroid dienone is 1. The minimum atomic E-state index is -0.439. The molecule has 4 aromatic rings. The van der Waals surface area contributed by atoms with Crippen LogP contribution in [-0.2, 0) is 6.61 Å². The topological polar surface area (TPSA) is 114 Å². The lowest BCUT2D eigenvalue weighted by atomic mass is 10.1. The molecule has 0 aliphatic carbocycles. The van der Waals surface area contributed by atoms with Crippen molar-refractivity contribution in [2.24, 2.45) is 0 Å². The second kappa shape index (κ2) is 9.88. The summed E-state index contributed by atoms with van der Waals surface area (Å²) in [6.07, 6.45) is 1.74. The van der Waals surface area contributed by atoms with Crippen molar-refractivity contribution in [1.29, 1.82) is 5.26 Å². The Hall–Kier alpha value is -4.64. The Balaban J connectivity index is 1.57. The molecule has 170 valence electrons. The zero-order valence-corrected chi connectivity index (χ0v) is 18.7. The normalized spacial score (nSPS) is 11.3. The first-order chi connectivity index (χ1) is 16.5. The molecule has 0 aliphatic rings. The van der Waals surface area contributed by atoms with Crippen molar-refractivity contribution in [3.8, 4) is 17.6 Å². The van der Waals surface area contributed by atoms with Gasteiger partial charge in [-0.05, 0) is 73.0 Å². The minimum absolute atomic E-state index is 0.0304. The van der Waals surface area contributed by atoms with Crippen LogP contribution in [0.5, 0.6) is 11.5 Å². The van der Waals surface area contributed by atoms with Gasteiger partial charge in [0.25, 0.3) is 5.69 Å². The van der Waals surface area contributed by atoms with E-state index in [9.17, 15) is 15.4 Å². The molecule has 0 bridgehead atoms. The lowest BCUT2D eigenvalue weighted by molar-refractivity contribution is -0.384. The number of ether oxygens (including phenoxy) is 2. The number of benzene rings is 3. The first-order valence-electron chi connectivity index (χ1n) is 10.7. The van der Waals surface area contributed by atoms with Crippen molar-refractivity contribution in [2.75, 3.05) is 6.61 Å². The maximum Gasteiger partial charge on any atom is 0.269 e. The molecule has 1 N–H and O–H groups in total. The predicted molar refractivity (Wildman–Crippen MR) is 129 cm³/mol. The summed E-state index contributed by atoms with van der Waals surface area (Å²) in [5.41, 5.74) is 4.77. The number of non-ortho nitro benzene ring substituents is 1. The van der Waals surface area contributed by atoms with Crippen LogP contribution in [0.2, 0.25) is 0 Å². The van der Waals surface area contributed by atoms with Gasteiger partial charge in [-0.25, -0.2) is 4.98 Å². The summed E-state index contributed by atoms with van der Waals surface area (Å²) in [7, 11) is 0. The van der Waals surface area contributed by atoms with Crippen LogP contribution in [0.3, 0.4) is 0 Å². The van der Waals surface area contributed by atoms with E-state index in [4.69, 9.17) is 9.47 Å². The molecule has 4 rings (SSSR count). The monoisotopic (exact) mass is 454 g/mol. The van der Waals surface area contributed by atoms with Crippen molar-refractivity contribution >= 4 is 28.4 Å². The molecule has 0 spiro atoms. The Bertz CT molecular complexity index is 1420. The summed E-state index contributed by atoms with van der Waals surface area (Å²) in [5.74, 6) is 1.57. The summed E-state index contributed by atoms with van der Waals surface area (Å²) in [5, 5.41) is 20.6. The highest BCUT2D eigenvalue weighted by Crippen LogP contribution is 2.31. The Morgan fingerprint density at radius 1 is 1.12 bits per heavy atom. The van der Waals surface area contributed by atoms with Gasteiger partial charge in [-0.3, -0.25) is 10.1 Å². The first-order valence-corrected chi connectivity index (χ1v) is 10.7. The van der Waals surface area contributed by atoms with Crippen LogP contribution in [-0.4, -0.2) is 21.5 Å². The summed E-state index contributed by atoms with van der Waals surface area (Å²) in [4.78, 5) is 18.1. The van der Waals surface area contributed by atoms with E-state index >= 15 is 0 Å². The average molecular weight is 454 g/mol. The smallest absolute Gasteiger partial charge is 0.269 e. The van der Waals surface area contributed by atoms with Gasteiger partial charge in [0.15, 0.2) is 11.5 Å². The summed E-state index contributed by atoms with van der Waals surface area (Å²) in [6, 6.07) is 19.7. The maximum atomic E-state index is 10.8. The van der Waals surface area contributed by atoms with Crippen LogP contribution in [0.1, 0.15) is 29.4 Å². The SMILES string of the molecule is CCOc1cc(/C=C(/C#N)c2nc3ccc(C)cc3[nH]2)ccc1OCc1ccc([N+](=O)[O-])cc1. The third-order valence-electron chi connectivity index (χ3n) is 5.13. The molecular formula is C26H22N4O4. The molecule has 0 atom stereocenters. The third-order valence-corrected chi connectivity index (χ3v) is 5.13. The van der Waals surface area contributed by atoms with Crippen molar-refractivity contribution in [3.63, 3.8) is 0 Å². The first kappa shape index (κ1) is 22.6. The van der Waals surface area contributed by atoms with Crippen LogP contribution in [0.15, 0.2) is 60.7 Å². The second-order valence-corrected chi connectivity index (χ2v) is 7.63. The van der Waals surface area contributed by atoms with Gasteiger partial charge in [-0.2, -0.15) is 5.26 Å². The number of imidazole rings is 1. The van der Waals surface area contributed by atoms with Gasteiger partial charge in [0.1, 0.15) is 18.5 Å². The van der Waals surface area contributed by atoms with Crippen LogP contribution in [0, 0.1) is 28.4 Å². The molecule has 0 radical (unpaired) electrons. The summed E-state index contributed by atoms with van der Waals surface area (Å²) in [6.45, 7) is 4.55. The van der Waals surface area contributed by atoms with Crippen LogP contribution >= 0.6 is 0 Å². The lowest BCUT2D eigenvalue weighted by Gasteiger charge is -2.13. The molecule has 0 aliphatic heterocycles. The van der Waals surface area contributed by atoms with E-state index in [1.807, 2.05) is 38.1 Å². The van der Waals surface area contributed by atoms with Crippen molar-refractivity contribution < 1.29 is 14.4 Å². The van der Waals surface area contributed by atoms with Gasteiger partial charge >= 0.3 is 0 Å². The number of hydrogen-bond acceptors (Lipinski definition) is 6. The summed E-state index contributed by atoms with van der Waals surface area (Å²) >= 11 is 0. The number of nitro benzene ring substituents is 1. The van der Waals surface area contributed by atoms with Gasteiger partial charge < -0.3 is 14.5 Å². The highest BCUT2D eigenvalue weighted by molar-refractivity contribution is 5.90. The number of aromatic nitrogens is 2. The Kier molecular flexibility index (Phi) is 6.55. The highest BCUT2D eigenvalue weighted by Gasteiger charge is 2.11. The maximum absolute atomic E-state index is 10.8. The molecule has 0 amide bonds. The number of aryl methyl sites for hydroxylation is 1. The van der Waals surface area contributed by atoms with Crippen molar-refractivity contribution in [2.45, 2.75) is 20.5 Å². The number of aromatic amines is 1. The molecule has 0 saturated carbocycles. The fourth-order valence-electron chi connectivity index (χ4n) is 3.45. The van der Waals surface area contributed by atoms with Gasteiger partial charge in [0.2, 0.25) is 0 Å². The van der Waals surface area contributed by atoms with E-state index in [-0.39, 0.29) is 12.3 Å². The zero-order valence-electron chi connectivity index (χ0n) is 18.7. The van der Waals surface area contributed by atoms with Gasteiger partial charge in [0.05, 0.1) is 28.1 Å². The number of H-pyrrole nitrogens is 1. The highest BCUT2D eigenvalue weighted by atomic mass is 16.6. The largest absolute Gasteiger partial charge is 0.490 e. The molecule has 1 heterocycles. The number of rotatable bonds is 8. The Morgan fingerprint density at radius 2 is 1.91 bits per heavy atom. The molecule has 0 unspecified atom stereocenters.